The molecule has 0 unspecified atom stereocenters. The summed E-state index contributed by atoms with van der Waals surface area (Å²) in [6, 6.07) is 9.03. The van der Waals surface area contributed by atoms with Crippen LogP contribution in [0.1, 0.15) is 62.0 Å². The molecule has 0 heterocycles. The second-order valence-electron chi connectivity index (χ2n) is 6.52. The summed E-state index contributed by atoms with van der Waals surface area (Å²) in [6.45, 7) is 2.22. The molecular formula is C18H27NS. The van der Waals surface area contributed by atoms with Gasteiger partial charge in [-0.1, -0.05) is 43.5 Å². The lowest BCUT2D eigenvalue weighted by Crippen LogP contribution is -2.39. The van der Waals surface area contributed by atoms with Gasteiger partial charge in [-0.05, 0) is 49.0 Å². The number of rotatable bonds is 6. The molecule has 0 amide bonds. The Hall–Kier alpha value is -0.470. The van der Waals surface area contributed by atoms with Crippen LogP contribution in [0.5, 0.6) is 0 Å². The van der Waals surface area contributed by atoms with Crippen LogP contribution in [-0.2, 0) is 6.54 Å². The Bertz CT molecular complexity index is 433. The van der Waals surface area contributed by atoms with E-state index in [0.717, 1.165) is 12.5 Å². The van der Waals surface area contributed by atoms with Crippen LogP contribution >= 0.6 is 11.8 Å². The first-order valence-electron chi connectivity index (χ1n) is 8.17. The Balaban J connectivity index is 1.56. The molecule has 2 heteroatoms. The molecule has 2 aliphatic carbocycles. The Morgan fingerprint density at radius 3 is 2.60 bits per heavy atom. The van der Waals surface area contributed by atoms with Crippen molar-refractivity contribution in [1.29, 1.82) is 0 Å². The lowest BCUT2D eigenvalue weighted by atomic mass is 9.88. The highest BCUT2D eigenvalue weighted by atomic mass is 32.2. The van der Waals surface area contributed by atoms with Gasteiger partial charge in [-0.15, -0.1) is 0 Å². The lowest BCUT2D eigenvalue weighted by Gasteiger charge is -2.36. The Morgan fingerprint density at radius 1 is 1.15 bits per heavy atom. The van der Waals surface area contributed by atoms with E-state index in [2.05, 4.69) is 47.6 Å². The number of hydrogen-bond donors (Lipinski definition) is 1. The van der Waals surface area contributed by atoms with Crippen molar-refractivity contribution in [3.8, 4) is 0 Å². The summed E-state index contributed by atoms with van der Waals surface area (Å²) in [6.07, 6.45) is 12.1. The molecule has 1 aromatic carbocycles. The SMILES string of the molecule is CSC1(CNCc2ccccc2C2CC2)CCCCC1. The topological polar surface area (TPSA) is 12.0 Å². The fraction of sp³-hybridized carbons (Fsp3) is 0.667. The van der Waals surface area contributed by atoms with Crippen LogP contribution in [0.3, 0.4) is 0 Å². The summed E-state index contributed by atoms with van der Waals surface area (Å²) in [5.41, 5.74) is 3.13. The van der Waals surface area contributed by atoms with Crippen LogP contribution in [0.25, 0.3) is 0 Å². The fourth-order valence-corrected chi connectivity index (χ4v) is 4.51. The molecule has 110 valence electrons. The highest BCUT2D eigenvalue weighted by Crippen LogP contribution is 2.42. The summed E-state index contributed by atoms with van der Waals surface area (Å²) >= 11 is 2.09. The predicted molar refractivity (Wildman–Crippen MR) is 89.5 cm³/mol. The molecular weight excluding hydrogens is 262 g/mol. The van der Waals surface area contributed by atoms with Crippen LogP contribution < -0.4 is 5.32 Å². The van der Waals surface area contributed by atoms with Gasteiger partial charge < -0.3 is 5.32 Å². The fourth-order valence-electron chi connectivity index (χ4n) is 3.56. The zero-order chi connectivity index (χ0) is 13.8. The third-order valence-corrected chi connectivity index (χ3v) is 6.45. The van der Waals surface area contributed by atoms with E-state index in [0.29, 0.717) is 4.75 Å². The number of benzene rings is 1. The van der Waals surface area contributed by atoms with Gasteiger partial charge in [-0.25, -0.2) is 0 Å². The van der Waals surface area contributed by atoms with Gasteiger partial charge in [0, 0.05) is 17.8 Å². The van der Waals surface area contributed by atoms with E-state index in [4.69, 9.17) is 0 Å². The smallest absolute Gasteiger partial charge is 0.0281 e. The maximum atomic E-state index is 3.77. The number of hydrogen-bond acceptors (Lipinski definition) is 2. The minimum atomic E-state index is 0.507. The van der Waals surface area contributed by atoms with Crippen LogP contribution in [-0.4, -0.2) is 17.5 Å². The van der Waals surface area contributed by atoms with Crippen molar-refractivity contribution in [2.75, 3.05) is 12.8 Å². The van der Waals surface area contributed by atoms with Crippen molar-refractivity contribution in [1.82, 2.24) is 5.32 Å². The van der Waals surface area contributed by atoms with Gasteiger partial charge in [0.15, 0.2) is 0 Å². The molecule has 0 bridgehead atoms. The average Bonchev–Trinajstić information content (AvgIpc) is 3.33. The average molecular weight is 289 g/mol. The van der Waals surface area contributed by atoms with E-state index in [1.54, 1.807) is 5.56 Å². The second kappa shape index (κ2) is 6.53. The van der Waals surface area contributed by atoms with Crippen LogP contribution in [0.2, 0.25) is 0 Å². The maximum Gasteiger partial charge on any atom is 0.0281 e. The van der Waals surface area contributed by atoms with Gasteiger partial charge >= 0.3 is 0 Å². The molecule has 0 aliphatic heterocycles. The second-order valence-corrected chi connectivity index (χ2v) is 7.80. The minimum Gasteiger partial charge on any atom is -0.311 e. The van der Waals surface area contributed by atoms with Gasteiger partial charge in [-0.3, -0.25) is 0 Å². The summed E-state index contributed by atoms with van der Waals surface area (Å²) < 4.78 is 0.507. The summed E-state index contributed by atoms with van der Waals surface area (Å²) in [5, 5.41) is 3.77. The zero-order valence-corrected chi connectivity index (χ0v) is 13.5. The quantitative estimate of drug-likeness (QED) is 0.813. The van der Waals surface area contributed by atoms with Crippen molar-refractivity contribution in [3.05, 3.63) is 35.4 Å². The lowest BCUT2D eigenvalue weighted by molar-refractivity contribution is 0.379. The van der Waals surface area contributed by atoms with E-state index < -0.39 is 0 Å². The summed E-state index contributed by atoms with van der Waals surface area (Å²) in [5.74, 6) is 0.859. The van der Waals surface area contributed by atoms with Crippen molar-refractivity contribution in [3.63, 3.8) is 0 Å². The Kier molecular flexibility index (Phi) is 4.72. The molecule has 0 spiro atoms. The Morgan fingerprint density at radius 2 is 1.90 bits per heavy atom. The molecule has 3 rings (SSSR count). The van der Waals surface area contributed by atoms with E-state index in [1.165, 1.54) is 57.1 Å². The zero-order valence-electron chi connectivity index (χ0n) is 12.7. The molecule has 0 aromatic heterocycles. The molecule has 1 N–H and O–H groups in total. The van der Waals surface area contributed by atoms with Gasteiger partial charge in [-0.2, -0.15) is 11.8 Å². The minimum absolute atomic E-state index is 0.507. The van der Waals surface area contributed by atoms with Crippen molar-refractivity contribution in [2.24, 2.45) is 0 Å². The summed E-state index contributed by atoms with van der Waals surface area (Å²) in [7, 11) is 0. The van der Waals surface area contributed by atoms with Crippen molar-refractivity contribution >= 4 is 11.8 Å². The third-order valence-electron chi connectivity index (χ3n) is 5.03. The largest absolute Gasteiger partial charge is 0.311 e. The van der Waals surface area contributed by atoms with E-state index in [1.807, 2.05) is 0 Å². The van der Waals surface area contributed by atoms with E-state index >= 15 is 0 Å². The highest BCUT2D eigenvalue weighted by molar-refractivity contribution is 8.00. The molecule has 2 saturated carbocycles. The molecule has 20 heavy (non-hydrogen) atoms. The van der Waals surface area contributed by atoms with E-state index in [9.17, 15) is 0 Å². The standard InChI is InChI=1S/C18H27NS/c1-20-18(11-5-2-6-12-18)14-19-13-16-7-3-4-8-17(16)15-9-10-15/h3-4,7-8,15,19H,2,5-6,9-14H2,1H3. The Labute approximate surface area is 127 Å². The van der Waals surface area contributed by atoms with Gasteiger partial charge in [0.05, 0.1) is 0 Å². The first-order chi connectivity index (χ1) is 9.83. The first-order valence-corrected chi connectivity index (χ1v) is 9.39. The molecule has 2 fully saturated rings. The van der Waals surface area contributed by atoms with Crippen LogP contribution in [0.4, 0.5) is 0 Å². The molecule has 1 nitrogen and oxygen atoms in total. The van der Waals surface area contributed by atoms with Crippen LogP contribution in [0, 0.1) is 0 Å². The monoisotopic (exact) mass is 289 g/mol. The molecule has 0 radical (unpaired) electrons. The first kappa shape index (κ1) is 14.5. The molecule has 0 saturated heterocycles. The van der Waals surface area contributed by atoms with Crippen molar-refractivity contribution < 1.29 is 0 Å². The molecule has 0 atom stereocenters. The summed E-state index contributed by atoms with van der Waals surface area (Å²) in [4.78, 5) is 0. The van der Waals surface area contributed by atoms with Gasteiger partial charge in [0.2, 0.25) is 0 Å². The normalized spacial score (nSPS) is 21.9. The van der Waals surface area contributed by atoms with Gasteiger partial charge in [0.25, 0.3) is 0 Å². The van der Waals surface area contributed by atoms with Crippen LogP contribution in [0.15, 0.2) is 24.3 Å². The highest BCUT2D eigenvalue weighted by Gasteiger charge is 2.31. The number of nitrogens with one attached hydrogen (secondary N) is 1. The maximum absolute atomic E-state index is 3.77. The third kappa shape index (κ3) is 3.40. The molecule has 1 aromatic rings. The predicted octanol–water partition coefficient (Wildman–Crippen LogP) is 4.72. The van der Waals surface area contributed by atoms with E-state index in [-0.39, 0.29) is 0 Å². The van der Waals surface area contributed by atoms with Crippen molar-refractivity contribution in [2.45, 2.75) is 62.2 Å². The van der Waals surface area contributed by atoms with Gasteiger partial charge in [0.1, 0.15) is 0 Å². The molecule has 2 aliphatic rings. The number of thioether (sulfide) groups is 1.